The number of rotatable bonds is 2. The van der Waals surface area contributed by atoms with E-state index in [1.165, 1.54) is 0 Å². The highest BCUT2D eigenvalue weighted by Gasteiger charge is 2.46. The summed E-state index contributed by atoms with van der Waals surface area (Å²) in [6.07, 6.45) is -0.821. The van der Waals surface area contributed by atoms with Crippen molar-refractivity contribution in [1.29, 1.82) is 0 Å². The van der Waals surface area contributed by atoms with Crippen LogP contribution in [-0.4, -0.2) is 30.5 Å². The minimum absolute atomic E-state index is 0.250. The number of carbonyl (C=O) groups excluding carboxylic acids is 2. The molecule has 0 amide bonds. The fourth-order valence-electron chi connectivity index (χ4n) is 1.10. The van der Waals surface area contributed by atoms with Gasteiger partial charge in [0.25, 0.3) is 0 Å². The van der Waals surface area contributed by atoms with Gasteiger partial charge in [-0.15, -0.1) is 11.6 Å². The smallest absolute Gasteiger partial charge is 0.348 e. The van der Waals surface area contributed by atoms with Crippen LogP contribution in [0.1, 0.15) is 13.8 Å². The first-order valence-corrected chi connectivity index (χ1v) is 4.43. The SMILES string of the molecule is CC1(C)COC(=O)C1OC(=O)CCl. The zero-order valence-electron chi connectivity index (χ0n) is 7.50. The molecule has 0 N–H and O–H groups in total. The number of esters is 2. The number of cyclic esters (lactones) is 1. The number of alkyl halides is 1. The number of carbonyl (C=O) groups is 2. The fraction of sp³-hybridized carbons (Fsp3) is 0.750. The molecule has 0 bridgehead atoms. The lowest BCUT2D eigenvalue weighted by atomic mass is 9.90. The van der Waals surface area contributed by atoms with Crippen molar-refractivity contribution in [3.63, 3.8) is 0 Å². The molecule has 0 radical (unpaired) electrons. The summed E-state index contributed by atoms with van der Waals surface area (Å²) in [6.45, 7) is 3.86. The Bertz CT molecular complexity index is 236. The Morgan fingerprint density at radius 2 is 2.38 bits per heavy atom. The lowest BCUT2D eigenvalue weighted by Crippen LogP contribution is -2.35. The first-order chi connectivity index (χ1) is 5.97. The third kappa shape index (κ3) is 2.12. The Hall–Kier alpha value is -0.770. The van der Waals surface area contributed by atoms with E-state index in [4.69, 9.17) is 21.1 Å². The summed E-state index contributed by atoms with van der Waals surface area (Å²) in [5, 5.41) is 0. The molecular weight excluding hydrogens is 196 g/mol. The molecule has 1 heterocycles. The van der Waals surface area contributed by atoms with Gasteiger partial charge < -0.3 is 9.47 Å². The maximum atomic E-state index is 11.1. The Labute approximate surface area is 81.1 Å². The summed E-state index contributed by atoms with van der Waals surface area (Å²) in [4.78, 5) is 21.9. The van der Waals surface area contributed by atoms with Crippen LogP contribution in [0.15, 0.2) is 0 Å². The molecule has 1 fully saturated rings. The first-order valence-electron chi connectivity index (χ1n) is 3.89. The van der Waals surface area contributed by atoms with Crippen LogP contribution in [0, 0.1) is 5.41 Å². The maximum Gasteiger partial charge on any atom is 0.348 e. The molecule has 1 saturated heterocycles. The second kappa shape index (κ2) is 3.54. The van der Waals surface area contributed by atoms with Gasteiger partial charge in [0.2, 0.25) is 6.10 Å². The van der Waals surface area contributed by atoms with Gasteiger partial charge >= 0.3 is 11.9 Å². The zero-order valence-corrected chi connectivity index (χ0v) is 8.26. The minimum Gasteiger partial charge on any atom is -0.462 e. The van der Waals surface area contributed by atoms with Crippen LogP contribution in [-0.2, 0) is 19.1 Å². The second-order valence-electron chi connectivity index (χ2n) is 3.60. The average Bonchev–Trinajstić information content (AvgIpc) is 2.31. The molecule has 1 rings (SSSR count). The number of hydrogen-bond donors (Lipinski definition) is 0. The van der Waals surface area contributed by atoms with Crippen molar-refractivity contribution in [2.45, 2.75) is 20.0 Å². The summed E-state index contributed by atoms with van der Waals surface area (Å²) in [5.41, 5.74) is -0.460. The predicted molar refractivity (Wildman–Crippen MR) is 45.3 cm³/mol. The van der Waals surface area contributed by atoms with Crippen LogP contribution in [0.3, 0.4) is 0 Å². The Morgan fingerprint density at radius 3 is 2.77 bits per heavy atom. The topological polar surface area (TPSA) is 52.6 Å². The Balaban J connectivity index is 2.66. The number of ether oxygens (including phenoxy) is 2. The predicted octanol–water partition coefficient (Wildman–Crippen LogP) is 0.720. The lowest BCUT2D eigenvalue weighted by molar-refractivity contribution is -0.161. The lowest BCUT2D eigenvalue weighted by Gasteiger charge is -2.20. The minimum atomic E-state index is -0.821. The molecule has 5 heteroatoms. The van der Waals surface area contributed by atoms with E-state index < -0.39 is 23.5 Å². The highest BCUT2D eigenvalue weighted by Crippen LogP contribution is 2.30. The Kier molecular flexibility index (Phi) is 2.81. The third-order valence-electron chi connectivity index (χ3n) is 1.87. The second-order valence-corrected chi connectivity index (χ2v) is 3.87. The van der Waals surface area contributed by atoms with Crippen LogP contribution in [0.25, 0.3) is 0 Å². The quantitative estimate of drug-likeness (QED) is 0.494. The molecular formula is C8H11ClO4. The van der Waals surface area contributed by atoms with Gasteiger partial charge in [-0.1, -0.05) is 13.8 Å². The van der Waals surface area contributed by atoms with Gasteiger partial charge in [0.1, 0.15) is 12.5 Å². The summed E-state index contributed by atoms with van der Waals surface area (Å²) in [5.74, 6) is -1.35. The monoisotopic (exact) mass is 206 g/mol. The van der Waals surface area contributed by atoms with E-state index in [2.05, 4.69) is 0 Å². The van der Waals surface area contributed by atoms with Crippen LogP contribution >= 0.6 is 11.6 Å². The van der Waals surface area contributed by atoms with Gasteiger partial charge in [-0.05, 0) is 0 Å². The molecule has 1 atom stereocenters. The highest BCUT2D eigenvalue weighted by atomic mass is 35.5. The van der Waals surface area contributed by atoms with E-state index in [-0.39, 0.29) is 12.5 Å². The average molecular weight is 207 g/mol. The molecule has 0 aromatic heterocycles. The first kappa shape index (κ1) is 10.3. The fourth-order valence-corrected chi connectivity index (χ4v) is 1.16. The molecule has 1 aliphatic heterocycles. The largest absolute Gasteiger partial charge is 0.462 e. The van der Waals surface area contributed by atoms with Gasteiger partial charge in [-0.2, -0.15) is 0 Å². The third-order valence-corrected chi connectivity index (χ3v) is 2.09. The number of halogens is 1. The van der Waals surface area contributed by atoms with E-state index >= 15 is 0 Å². The Morgan fingerprint density at radius 1 is 1.77 bits per heavy atom. The van der Waals surface area contributed by atoms with E-state index in [1.54, 1.807) is 13.8 Å². The molecule has 74 valence electrons. The molecule has 0 aromatic carbocycles. The van der Waals surface area contributed by atoms with Crippen molar-refractivity contribution in [3.05, 3.63) is 0 Å². The van der Waals surface area contributed by atoms with Crippen molar-refractivity contribution in [2.24, 2.45) is 5.41 Å². The van der Waals surface area contributed by atoms with E-state index in [1.807, 2.05) is 0 Å². The molecule has 1 unspecified atom stereocenters. The van der Waals surface area contributed by atoms with Crippen LogP contribution in [0.4, 0.5) is 0 Å². The summed E-state index contributed by atoms with van der Waals surface area (Å²) >= 11 is 5.24. The van der Waals surface area contributed by atoms with E-state index in [0.717, 1.165) is 0 Å². The highest BCUT2D eigenvalue weighted by molar-refractivity contribution is 6.26. The van der Waals surface area contributed by atoms with Crippen molar-refractivity contribution < 1.29 is 19.1 Å². The van der Waals surface area contributed by atoms with Crippen LogP contribution < -0.4 is 0 Å². The summed E-state index contributed by atoms with van der Waals surface area (Å²) < 4.78 is 9.61. The van der Waals surface area contributed by atoms with E-state index in [0.29, 0.717) is 0 Å². The van der Waals surface area contributed by atoms with Crippen molar-refractivity contribution in [1.82, 2.24) is 0 Å². The van der Waals surface area contributed by atoms with Gasteiger partial charge in [0, 0.05) is 5.41 Å². The van der Waals surface area contributed by atoms with Gasteiger partial charge in [-0.3, -0.25) is 4.79 Å². The normalized spacial score (nSPS) is 25.5. The molecule has 4 nitrogen and oxygen atoms in total. The molecule has 1 aliphatic rings. The van der Waals surface area contributed by atoms with Crippen molar-refractivity contribution in [2.75, 3.05) is 12.5 Å². The molecule has 0 saturated carbocycles. The summed E-state index contributed by atoms with van der Waals surface area (Å²) in [6, 6.07) is 0. The van der Waals surface area contributed by atoms with E-state index in [9.17, 15) is 9.59 Å². The van der Waals surface area contributed by atoms with Gasteiger partial charge in [-0.25, -0.2) is 4.79 Å². The van der Waals surface area contributed by atoms with Crippen LogP contribution in [0.2, 0.25) is 0 Å². The maximum absolute atomic E-state index is 11.1. The molecule has 0 aliphatic carbocycles. The van der Waals surface area contributed by atoms with Crippen molar-refractivity contribution in [3.8, 4) is 0 Å². The van der Waals surface area contributed by atoms with Gasteiger partial charge in [0.15, 0.2) is 0 Å². The molecule has 0 aromatic rings. The zero-order chi connectivity index (χ0) is 10.1. The number of hydrogen-bond acceptors (Lipinski definition) is 4. The molecule has 0 spiro atoms. The van der Waals surface area contributed by atoms with Crippen molar-refractivity contribution >= 4 is 23.5 Å². The molecule has 13 heavy (non-hydrogen) atoms. The summed E-state index contributed by atoms with van der Waals surface area (Å²) in [7, 11) is 0. The van der Waals surface area contributed by atoms with Crippen LogP contribution in [0.5, 0.6) is 0 Å². The standard InChI is InChI=1S/C8H11ClO4/c1-8(2)4-12-7(11)6(8)13-5(10)3-9/h6H,3-4H2,1-2H3. The van der Waals surface area contributed by atoms with Gasteiger partial charge in [0.05, 0.1) is 0 Å².